The molecule has 1 saturated heterocycles. The number of aromatic nitrogens is 4. The van der Waals surface area contributed by atoms with Gasteiger partial charge in [-0.25, -0.2) is 9.67 Å². The number of fused-ring (bicyclic) bond motifs is 1. The van der Waals surface area contributed by atoms with E-state index >= 15 is 0 Å². The molecule has 0 aliphatic carbocycles. The molecule has 1 aliphatic rings. The molecule has 92 valence electrons. The van der Waals surface area contributed by atoms with Gasteiger partial charge in [0.1, 0.15) is 0 Å². The molecule has 17 heavy (non-hydrogen) atoms. The van der Waals surface area contributed by atoms with Crippen LogP contribution in [-0.4, -0.2) is 32.3 Å². The minimum Gasteiger partial charge on any atom is -0.312 e. The van der Waals surface area contributed by atoms with Gasteiger partial charge in [0, 0.05) is 12.2 Å². The summed E-state index contributed by atoms with van der Waals surface area (Å²) in [5, 5.41) is 8.96. The van der Waals surface area contributed by atoms with Gasteiger partial charge in [-0.3, -0.25) is 0 Å². The lowest BCUT2D eigenvalue weighted by molar-refractivity contribution is 0.484. The van der Waals surface area contributed by atoms with Crippen molar-refractivity contribution in [2.75, 3.05) is 6.54 Å². The number of nitrogens with one attached hydrogen (secondary N) is 1. The molecule has 5 nitrogen and oxygen atoms in total. The van der Waals surface area contributed by atoms with E-state index < -0.39 is 0 Å². The molecule has 0 amide bonds. The highest BCUT2D eigenvalue weighted by atomic mass is 35.5. The molecule has 3 rings (SSSR count). The van der Waals surface area contributed by atoms with E-state index in [4.69, 9.17) is 11.6 Å². The number of rotatable bonds is 2. The van der Waals surface area contributed by atoms with Crippen LogP contribution in [0.4, 0.5) is 0 Å². The van der Waals surface area contributed by atoms with E-state index in [-0.39, 0.29) is 17.7 Å². The average molecular weight is 274 g/mol. The highest BCUT2D eigenvalue weighted by molar-refractivity contribution is 6.28. The van der Waals surface area contributed by atoms with Gasteiger partial charge in [-0.2, -0.15) is 10.1 Å². The van der Waals surface area contributed by atoms with Crippen molar-refractivity contribution in [3.63, 3.8) is 0 Å². The van der Waals surface area contributed by atoms with Crippen LogP contribution in [0.1, 0.15) is 12.8 Å². The number of hydrogen-bond donors (Lipinski definition) is 1. The van der Waals surface area contributed by atoms with Gasteiger partial charge in [0.25, 0.3) is 0 Å². The summed E-state index contributed by atoms with van der Waals surface area (Å²) in [7, 11) is 0. The van der Waals surface area contributed by atoms with Crippen LogP contribution >= 0.6 is 24.0 Å². The van der Waals surface area contributed by atoms with E-state index in [1.54, 1.807) is 12.4 Å². The normalized spacial score (nSPS) is 19.5. The third-order valence-electron chi connectivity index (χ3n) is 2.90. The molecule has 1 N–H and O–H groups in total. The van der Waals surface area contributed by atoms with E-state index in [2.05, 4.69) is 20.4 Å². The fraction of sp³-hybridized carbons (Fsp3) is 0.500. The zero-order valence-corrected chi connectivity index (χ0v) is 10.7. The Kier molecular flexibility index (Phi) is 3.81. The quantitative estimate of drug-likeness (QED) is 0.846. The lowest BCUT2D eigenvalue weighted by atomic mass is 10.2. The van der Waals surface area contributed by atoms with Crippen molar-refractivity contribution in [1.82, 2.24) is 25.1 Å². The lowest BCUT2D eigenvalue weighted by Crippen LogP contribution is -2.27. The zero-order chi connectivity index (χ0) is 11.0. The molecule has 0 spiro atoms. The summed E-state index contributed by atoms with van der Waals surface area (Å²) >= 11 is 5.79. The second-order valence-electron chi connectivity index (χ2n) is 4.04. The second-order valence-corrected chi connectivity index (χ2v) is 4.38. The monoisotopic (exact) mass is 273 g/mol. The van der Waals surface area contributed by atoms with Gasteiger partial charge in [-0.15, -0.1) is 12.4 Å². The van der Waals surface area contributed by atoms with Gasteiger partial charge in [0.2, 0.25) is 5.28 Å². The lowest BCUT2D eigenvalue weighted by Gasteiger charge is -2.10. The first kappa shape index (κ1) is 12.5. The molecule has 3 heterocycles. The third kappa shape index (κ3) is 2.51. The molecule has 7 heteroatoms. The van der Waals surface area contributed by atoms with E-state index in [0.717, 1.165) is 24.1 Å². The predicted molar refractivity (Wildman–Crippen MR) is 68.6 cm³/mol. The molecule has 2 aromatic rings. The summed E-state index contributed by atoms with van der Waals surface area (Å²) in [6.07, 6.45) is 5.91. The van der Waals surface area contributed by atoms with E-state index in [1.165, 1.54) is 12.8 Å². The molecule has 2 aromatic heterocycles. The highest BCUT2D eigenvalue weighted by Gasteiger charge is 2.16. The van der Waals surface area contributed by atoms with Gasteiger partial charge in [0.05, 0.1) is 18.1 Å². The van der Waals surface area contributed by atoms with Crippen LogP contribution in [0.3, 0.4) is 0 Å². The van der Waals surface area contributed by atoms with E-state index in [0.29, 0.717) is 6.04 Å². The van der Waals surface area contributed by atoms with Crippen LogP contribution in [0.25, 0.3) is 11.0 Å². The van der Waals surface area contributed by atoms with Crippen LogP contribution in [0.15, 0.2) is 12.4 Å². The summed E-state index contributed by atoms with van der Waals surface area (Å²) in [5.74, 6) is 0. The molecule has 0 radical (unpaired) electrons. The summed E-state index contributed by atoms with van der Waals surface area (Å²) in [4.78, 5) is 8.14. The Morgan fingerprint density at radius 1 is 1.47 bits per heavy atom. The van der Waals surface area contributed by atoms with Crippen molar-refractivity contribution in [2.24, 2.45) is 0 Å². The van der Waals surface area contributed by atoms with Crippen molar-refractivity contribution in [3.05, 3.63) is 17.7 Å². The van der Waals surface area contributed by atoms with Crippen LogP contribution < -0.4 is 5.32 Å². The number of nitrogens with zero attached hydrogens (tertiary/aromatic N) is 4. The third-order valence-corrected chi connectivity index (χ3v) is 3.09. The molecular weight excluding hydrogens is 261 g/mol. The summed E-state index contributed by atoms with van der Waals surface area (Å²) in [6.45, 7) is 1.94. The largest absolute Gasteiger partial charge is 0.312 e. The summed E-state index contributed by atoms with van der Waals surface area (Å²) in [5.41, 5.74) is 0.814. The molecule has 1 aliphatic heterocycles. The fourth-order valence-electron chi connectivity index (χ4n) is 2.10. The Bertz CT molecular complexity index is 506. The molecular formula is C10H13Cl2N5. The first-order valence-electron chi connectivity index (χ1n) is 5.40. The van der Waals surface area contributed by atoms with Crippen molar-refractivity contribution >= 4 is 35.0 Å². The fourth-order valence-corrected chi connectivity index (χ4v) is 2.23. The molecule has 0 saturated carbocycles. The van der Waals surface area contributed by atoms with Crippen molar-refractivity contribution in [2.45, 2.75) is 25.4 Å². The van der Waals surface area contributed by atoms with E-state index in [1.807, 2.05) is 4.68 Å². The van der Waals surface area contributed by atoms with E-state index in [9.17, 15) is 0 Å². The van der Waals surface area contributed by atoms with Crippen molar-refractivity contribution < 1.29 is 0 Å². The predicted octanol–water partition coefficient (Wildman–Crippen LogP) is 1.65. The van der Waals surface area contributed by atoms with Gasteiger partial charge < -0.3 is 5.32 Å². The molecule has 0 aromatic carbocycles. The Morgan fingerprint density at radius 3 is 3.12 bits per heavy atom. The number of halogens is 2. The van der Waals surface area contributed by atoms with Gasteiger partial charge in [-0.05, 0) is 31.0 Å². The zero-order valence-electron chi connectivity index (χ0n) is 9.14. The smallest absolute Gasteiger partial charge is 0.224 e. The Hall–Kier alpha value is -0.910. The maximum absolute atomic E-state index is 5.79. The van der Waals surface area contributed by atoms with Crippen molar-refractivity contribution in [3.8, 4) is 0 Å². The molecule has 1 unspecified atom stereocenters. The minimum absolute atomic E-state index is 0. The Morgan fingerprint density at radius 2 is 2.35 bits per heavy atom. The number of hydrogen-bond acceptors (Lipinski definition) is 4. The summed E-state index contributed by atoms with van der Waals surface area (Å²) in [6, 6.07) is 0.497. The minimum atomic E-state index is 0. The maximum atomic E-state index is 5.79. The van der Waals surface area contributed by atoms with Crippen LogP contribution in [0.2, 0.25) is 5.28 Å². The van der Waals surface area contributed by atoms with Crippen LogP contribution in [0.5, 0.6) is 0 Å². The van der Waals surface area contributed by atoms with Gasteiger partial charge >= 0.3 is 0 Å². The Balaban J connectivity index is 0.00000108. The Labute approximate surface area is 110 Å². The highest BCUT2D eigenvalue weighted by Crippen LogP contribution is 2.14. The van der Waals surface area contributed by atoms with Gasteiger partial charge in [0.15, 0.2) is 5.65 Å². The average Bonchev–Trinajstić information content (AvgIpc) is 2.90. The second kappa shape index (κ2) is 5.16. The van der Waals surface area contributed by atoms with Crippen molar-refractivity contribution in [1.29, 1.82) is 0 Å². The first-order chi connectivity index (χ1) is 7.83. The molecule has 1 fully saturated rings. The van der Waals surface area contributed by atoms with Crippen LogP contribution in [0, 0.1) is 0 Å². The van der Waals surface area contributed by atoms with Gasteiger partial charge in [-0.1, -0.05) is 0 Å². The van der Waals surface area contributed by atoms with Crippen LogP contribution in [-0.2, 0) is 6.54 Å². The SMILES string of the molecule is Cl.Clc1ncc2cnn(CC3CCCN3)c2n1. The standard InChI is InChI=1S/C10H12ClN5.ClH/c11-10-13-4-7-5-14-16(9(7)15-10)6-8-2-1-3-12-8;/h4-5,8,12H,1-3,6H2;1H. The molecule has 0 bridgehead atoms. The maximum Gasteiger partial charge on any atom is 0.224 e. The first-order valence-corrected chi connectivity index (χ1v) is 5.78. The molecule has 1 atom stereocenters. The topological polar surface area (TPSA) is 55.6 Å². The summed E-state index contributed by atoms with van der Waals surface area (Å²) < 4.78 is 1.89.